The van der Waals surface area contributed by atoms with Crippen molar-refractivity contribution in [1.82, 2.24) is 10.6 Å². The molecule has 1 aliphatic carbocycles. The van der Waals surface area contributed by atoms with E-state index in [2.05, 4.69) is 22.5 Å². The topological polar surface area (TPSA) is 105 Å². The lowest BCUT2D eigenvalue weighted by atomic mass is 9.98. The van der Waals surface area contributed by atoms with Crippen molar-refractivity contribution < 1.29 is 24.2 Å². The van der Waals surface area contributed by atoms with Gasteiger partial charge >= 0.3 is 12.1 Å². The molecule has 2 aromatic rings. The minimum atomic E-state index is -1.17. The van der Waals surface area contributed by atoms with Gasteiger partial charge in [-0.15, -0.1) is 11.8 Å². The number of alkyl carbamates (subject to hydrolysis) is 1. The van der Waals surface area contributed by atoms with Crippen LogP contribution >= 0.6 is 0 Å². The van der Waals surface area contributed by atoms with Crippen molar-refractivity contribution >= 4 is 18.0 Å². The molecule has 1 aliphatic rings. The molecule has 160 valence electrons. The minimum absolute atomic E-state index is 0.0405. The van der Waals surface area contributed by atoms with E-state index in [0.29, 0.717) is 0 Å². The number of fused-ring (bicyclic) bond motifs is 3. The summed E-state index contributed by atoms with van der Waals surface area (Å²) in [7, 11) is 0. The fourth-order valence-corrected chi connectivity index (χ4v) is 3.57. The predicted molar refractivity (Wildman–Crippen MR) is 115 cm³/mol. The number of rotatable bonds is 7. The number of benzene rings is 2. The molecule has 0 saturated heterocycles. The molecular weight excluding hydrogens is 396 g/mol. The molecule has 0 aromatic heterocycles. The van der Waals surface area contributed by atoms with Gasteiger partial charge in [0.1, 0.15) is 18.7 Å². The molecule has 0 spiro atoms. The fraction of sp³-hybridized carbons (Fsp3) is 0.292. The van der Waals surface area contributed by atoms with Gasteiger partial charge in [-0.2, -0.15) is 0 Å². The van der Waals surface area contributed by atoms with Crippen LogP contribution in [0.5, 0.6) is 0 Å². The van der Waals surface area contributed by atoms with Crippen LogP contribution in [0.25, 0.3) is 11.1 Å². The van der Waals surface area contributed by atoms with Gasteiger partial charge < -0.3 is 20.5 Å². The highest BCUT2D eigenvalue weighted by atomic mass is 16.5. The fourth-order valence-electron chi connectivity index (χ4n) is 3.57. The maximum Gasteiger partial charge on any atom is 0.407 e. The van der Waals surface area contributed by atoms with Gasteiger partial charge in [0.25, 0.3) is 0 Å². The summed E-state index contributed by atoms with van der Waals surface area (Å²) in [5.74, 6) is 3.49. The second kappa shape index (κ2) is 9.81. The van der Waals surface area contributed by atoms with Crippen LogP contribution in [0.2, 0.25) is 0 Å². The molecule has 1 unspecified atom stereocenters. The number of carboxylic acids is 1. The average molecular weight is 420 g/mol. The highest BCUT2D eigenvalue weighted by Crippen LogP contribution is 2.44. The SMILES string of the molecule is CC#CCC(NC(=O)OCC1c2ccccc2-c2ccccc21)C(=O)N[C@@H](C)C(=O)O. The van der Waals surface area contributed by atoms with Crippen LogP contribution in [-0.2, 0) is 14.3 Å². The average Bonchev–Trinajstić information content (AvgIpc) is 3.08. The lowest BCUT2D eigenvalue weighted by Crippen LogP contribution is -2.50. The van der Waals surface area contributed by atoms with Gasteiger partial charge in [-0.05, 0) is 36.1 Å². The smallest absolute Gasteiger partial charge is 0.407 e. The number of carbonyl (C=O) groups is 3. The predicted octanol–water partition coefficient (Wildman–Crippen LogP) is 2.90. The van der Waals surface area contributed by atoms with Gasteiger partial charge in [0.2, 0.25) is 5.91 Å². The standard InChI is InChI=1S/C24H24N2O5/c1-3-4-13-21(22(27)25-15(2)23(28)29)26-24(30)31-14-20-18-11-7-5-9-16(18)17-10-6-8-12-19(17)20/h5-12,15,20-21H,13-14H2,1-2H3,(H,25,27)(H,26,30)(H,28,29)/t15-,21?/m0/s1. The molecule has 31 heavy (non-hydrogen) atoms. The third kappa shape index (κ3) is 5.04. The monoisotopic (exact) mass is 420 g/mol. The lowest BCUT2D eigenvalue weighted by Gasteiger charge is -2.19. The van der Waals surface area contributed by atoms with Crippen molar-refractivity contribution in [1.29, 1.82) is 0 Å². The highest BCUT2D eigenvalue weighted by molar-refractivity contribution is 5.89. The zero-order chi connectivity index (χ0) is 22.4. The Bertz CT molecular complexity index is 1010. The summed E-state index contributed by atoms with van der Waals surface area (Å²) in [5.41, 5.74) is 4.39. The lowest BCUT2D eigenvalue weighted by molar-refractivity contribution is -0.141. The van der Waals surface area contributed by atoms with E-state index >= 15 is 0 Å². The number of amides is 2. The molecule has 3 rings (SSSR count). The van der Waals surface area contributed by atoms with E-state index in [1.54, 1.807) is 6.92 Å². The quantitative estimate of drug-likeness (QED) is 0.598. The molecule has 2 atom stereocenters. The van der Waals surface area contributed by atoms with Crippen LogP contribution in [0.15, 0.2) is 48.5 Å². The van der Waals surface area contributed by atoms with Crippen molar-refractivity contribution in [3.05, 3.63) is 59.7 Å². The van der Waals surface area contributed by atoms with Gasteiger partial charge in [0.05, 0.1) is 0 Å². The zero-order valence-corrected chi connectivity index (χ0v) is 17.3. The van der Waals surface area contributed by atoms with Gasteiger partial charge in [-0.3, -0.25) is 9.59 Å². The summed E-state index contributed by atoms with van der Waals surface area (Å²) in [6.07, 6.45) is -0.721. The summed E-state index contributed by atoms with van der Waals surface area (Å²) < 4.78 is 5.46. The Morgan fingerprint density at radius 2 is 1.61 bits per heavy atom. The summed E-state index contributed by atoms with van der Waals surface area (Å²) in [4.78, 5) is 35.8. The normalized spacial score (nSPS) is 13.6. The van der Waals surface area contributed by atoms with Crippen molar-refractivity contribution in [2.24, 2.45) is 0 Å². The molecule has 0 fully saturated rings. The Morgan fingerprint density at radius 1 is 1.03 bits per heavy atom. The molecule has 0 bridgehead atoms. The molecule has 2 aromatic carbocycles. The number of nitrogens with one attached hydrogen (secondary N) is 2. The van der Waals surface area contributed by atoms with Crippen molar-refractivity contribution in [2.45, 2.75) is 38.3 Å². The Labute approximate surface area is 180 Å². The molecule has 7 heteroatoms. The summed E-state index contributed by atoms with van der Waals surface area (Å²) in [6.45, 7) is 3.07. The summed E-state index contributed by atoms with van der Waals surface area (Å²) >= 11 is 0. The van der Waals surface area contributed by atoms with Crippen LogP contribution < -0.4 is 10.6 Å². The third-order valence-electron chi connectivity index (χ3n) is 5.16. The largest absolute Gasteiger partial charge is 0.480 e. The molecular formula is C24H24N2O5. The van der Waals surface area contributed by atoms with Crippen molar-refractivity contribution in [3.8, 4) is 23.0 Å². The molecule has 0 aliphatic heterocycles. The molecule has 0 heterocycles. The summed E-state index contributed by atoms with van der Waals surface area (Å²) in [5, 5.41) is 13.8. The first-order valence-electron chi connectivity index (χ1n) is 9.96. The van der Waals surface area contributed by atoms with Gasteiger partial charge in [0.15, 0.2) is 0 Å². The van der Waals surface area contributed by atoms with E-state index < -0.39 is 30.1 Å². The first-order valence-corrected chi connectivity index (χ1v) is 9.96. The number of hydrogen-bond donors (Lipinski definition) is 3. The van der Waals surface area contributed by atoms with E-state index in [4.69, 9.17) is 9.84 Å². The Hall–Kier alpha value is -3.79. The zero-order valence-electron chi connectivity index (χ0n) is 17.3. The van der Waals surface area contributed by atoms with Crippen LogP contribution in [0, 0.1) is 11.8 Å². The second-order valence-electron chi connectivity index (χ2n) is 7.22. The van der Waals surface area contributed by atoms with Crippen LogP contribution in [0.3, 0.4) is 0 Å². The Morgan fingerprint density at radius 3 is 2.16 bits per heavy atom. The summed E-state index contributed by atoms with van der Waals surface area (Å²) in [6, 6.07) is 13.9. The maximum absolute atomic E-state index is 12.4. The highest BCUT2D eigenvalue weighted by Gasteiger charge is 2.30. The van der Waals surface area contributed by atoms with Crippen molar-refractivity contribution in [3.63, 3.8) is 0 Å². The minimum Gasteiger partial charge on any atom is -0.480 e. The van der Waals surface area contributed by atoms with Crippen LogP contribution in [0.4, 0.5) is 4.79 Å². The maximum atomic E-state index is 12.4. The van der Waals surface area contributed by atoms with Gasteiger partial charge in [0, 0.05) is 12.3 Å². The number of aliphatic carboxylic acids is 1. The third-order valence-corrected chi connectivity index (χ3v) is 5.16. The van der Waals surface area contributed by atoms with Crippen LogP contribution in [0.1, 0.15) is 37.3 Å². The van der Waals surface area contributed by atoms with E-state index in [1.807, 2.05) is 48.5 Å². The van der Waals surface area contributed by atoms with E-state index in [1.165, 1.54) is 6.92 Å². The van der Waals surface area contributed by atoms with Gasteiger partial charge in [-0.25, -0.2) is 4.79 Å². The van der Waals surface area contributed by atoms with Crippen LogP contribution in [-0.4, -0.2) is 41.8 Å². The van der Waals surface area contributed by atoms with E-state index in [0.717, 1.165) is 22.3 Å². The molecule has 3 N–H and O–H groups in total. The number of carboxylic acid groups (broad SMARTS) is 1. The number of carbonyl (C=O) groups excluding carboxylic acids is 2. The molecule has 0 radical (unpaired) electrons. The van der Waals surface area contributed by atoms with Crippen molar-refractivity contribution in [2.75, 3.05) is 6.61 Å². The Kier molecular flexibility index (Phi) is 6.93. The second-order valence-corrected chi connectivity index (χ2v) is 7.22. The first kappa shape index (κ1) is 21.9. The van der Waals surface area contributed by atoms with E-state index in [9.17, 15) is 14.4 Å². The molecule has 2 amide bonds. The molecule has 7 nitrogen and oxygen atoms in total. The van der Waals surface area contributed by atoms with Gasteiger partial charge in [-0.1, -0.05) is 48.5 Å². The Balaban J connectivity index is 1.67. The number of hydrogen-bond acceptors (Lipinski definition) is 4. The number of ether oxygens (including phenoxy) is 1. The molecule has 0 saturated carbocycles. The first-order chi connectivity index (χ1) is 14.9. The van der Waals surface area contributed by atoms with E-state index in [-0.39, 0.29) is 18.9 Å².